The van der Waals surface area contributed by atoms with Crippen LogP contribution in [0.15, 0.2) is 36.4 Å². The van der Waals surface area contributed by atoms with Crippen molar-refractivity contribution < 1.29 is 4.79 Å². The van der Waals surface area contributed by atoms with Crippen molar-refractivity contribution in [3.05, 3.63) is 63.7 Å². The minimum atomic E-state index is -0.0613. The van der Waals surface area contributed by atoms with Crippen LogP contribution in [0.25, 0.3) is 0 Å². The van der Waals surface area contributed by atoms with E-state index in [1.165, 1.54) is 24.0 Å². The van der Waals surface area contributed by atoms with E-state index in [1.54, 1.807) is 6.07 Å². The van der Waals surface area contributed by atoms with Crippen molar-refractivity contribution >= 4 is 23.2 Å². The lowest BCUT2D eigenvalue weighted by molar-refractivity contribution is 0.102. The van der Waals surface area contributed by atoms with E-state index in [1.807, 2.05) is 31.2 Å². The molecule has 21 heavy (non-hydrogen) atoms. The molecule has 3 heteroatoms. The molecule has 0 spiro atoms. The highest BCUT2D eigenvalue weighted by atomic mass is 35.5. The molecule has 108 valence electrons. The number of benzene rings is 2. The van der Waals surface area contributed by atoms with Gasteiger partial charge >= 0.3 is 0 Å². The van der Waals surface area contributed by atoms with Gasteiger partial charge in [-0.25, -0.2) is 0 Å². The van der Waals surface area contributed by atoms with E-state index in [-0.39, 0.29) is 5.91 Å². The van der Waals surface area contributed by atoms with E-state index in [0.717, 1.165) is 29.7 Å². The van der Waals surface area contributed by atoms with Gasteiger partial charge in [0.2, 0.25) is 0 Å². The maximum atomic E-state index is 12.4. The largest absolute Gasteiger partial charge is 0.322 e. The predicted molar refractivity (Wildman–Crippen MR) is 87.2 cm³/mol. The number of fused-ring (bicyclic) bond motifs is 1. The predicted octanol–water partition coefficient (Wildman–Crippen LogP) is 4.78. The summed E-state index contributed by atoms with van der Waals surface area (Å²) in [4.78, 5) is 12.4. The van der Waals surface area contributed by atoms with Crippen LogP contribution in [0, 0.1) is 6.92 Å². The highest BCUT2D eigenvalue weighted by Gasteiger charge is 2.13. The Bertz CT molecular complexity index is 694. The Morgan fingerprint density at radius 1 is 1.05 bits per heavy atom. The van der Waals surface area contributed by atoms with Crippen LogP contribution >= 0.6 is 11.6 Å². The molecule has 1 aliphatic rings. The zero-order chi connectivity index (χ0) is 14.8. The molecule has 1 amide bonds. The van der Waals surface area contributed by atoms with Gasteiger partial charge in [-0.2, -0.15) is 0 Å². The third kappa shape index (κ3) is 3.11. The molecule has 2 nitrogen and oxygen atoms in total. The van der Waals surface area contributed by atoms with Crippen molar-refractivity contribution in [2.75, 3.05) is 5.32 Å². The van der Waals surface area contributed by atoms with E-state index in [9.17, 15) is 4.79 Å². The van der Waals surface area contributed by atoms with Gasteiger partial charge in [-0.15, -0.1) is 0 Å². The molecule has 0 fully saturated rings. The van der Waals surface area contributed by atoms with E-state index >= 15 is 0 Å². The third-order valence-electron chi connectivity index (χ3n) is 4.05. The van der Waals surface area contributed by atoms with Crippen LogP contribution < -0.4 is 5.32 Å². The quantitative estimate of drug-likeness (QED) is 0.849. The van der Waals surface area contributed by atoms with E-state index in [4.69, 9.17) is 11.6 Å². The molecule has 1 aliphatic carbocycles. The number of carbonyl (C=O) groups excluding carboxylic acids is 1. The number of anilines is 1. The fourth-order valence-electron chi connectivity index (χ4n) is 2.84. The molecular weight excluding hydrogens is 282 g/mol. The molecule has 0 saturated heterocycles. The lowest BCUT2D eigenvalue weighted by atomic mass is 9.90. The normalized spacial score (nSPS) is 13.6. The van der Waals surface area contributed by atoms with Gasteiger partial charge in [0.05, 0.1) is 0 Å². The molecule has 0 saturated carbocycles. The molecule has 2 aromatic carbocycles. The summed E-state index contributed by atoms with van der Waals surface area (Å²) in [5.74, 6) is -0.0613. The number of aryl methyl sites for hydroxylation is 3. The summed E-state index contributed by atoms with van der Waals surface area (Å²) in [5.41, 5.74) is 5.21. The summed E-state index contributed by atoms with van der Waals surface area (Å²) in [7, 11) is 0. The number of hydrogen-bond donors (Lipinski definition) is 1. The highest BCUT2D eigenvalue weighted by molar-refractivity contribution is 6.30. The van der Waals surface area contributed by atoms with Gasteiger partial charge in [0.1, 0.15) is 0 Å². The van der Waals surface area contributed by atoms with Crippen molar-refractivity contribution in [3.8, 4) is 0 Å². The van der Waals surface area contributed by atoms with Crippen molar-refractivity contribution in [3.63, 3.8) is 0 Å². The van der Waals surface area contributed by atoms with Gasteiger partial charge in [-0.05, 0) is 79.6 Å². The Balaban J connectivity index is 1.82. The zero-order valence-electron chi connectivity index (χ0n) is 12.1. The van der Waals surface area contributed by atoms with Crippen molar-refractivity contribution in [2.24, 2.45) is 0 Å². The van der Waals surface area contributed by atoms with Gasteiger partial charge < -0.3 is 5.32 Å². The second-order valence-electron chi connectivity index (χ2n) is 5.60. The molecule has 0 atom stereocenters. The summed E-state index contributed by atoms with van der Waals surface area (Å²) in [5, 5.41) is 3.64. The van der Waals surface area contributed by atoms with E-state index in [0.29, 0.717) is 5.02 Å². The average molecular weight is 300 g/mol. The summed E-state index contributed by atoms with van der Waals surface area (Å²) in [6.07, 6.45) is 4.68. The van der Waals surface area contributed by atoms with Crippen molar-refractivity contribution in [2.45, 2.75) is 32.6 Å². The van der Waals surface area contributed by atoms with Gasteiger partial charge in [0.15, 0.2) is 0 Å². The summed E-state index contributed by atoms with van der Waals surface area (Å²) >= 11 is 5.94. The Hall–Kier alpha value is -1.80. The molecule has 3 rings (SSSR count). The van der Waals surface area contributed by atoms with Crippen molar-refractivity contribution in [1.82, 2.24) is 0 Å². The SMILES string of the molecule is Cc1cc(Cl)ccc1NC(=O)c1ccc2c(c1)CCCC2. The van der Waals surface area contributed by atoms with Crippen molar-refractivity contribution in [1.29, 1.82) is 0 Å². The van der Waals surface area contributed by atoms with Crippen LogP contribution in [0.5, 0.6) is 0 Å². The Morgan fingerprint density at radius 3 is 2.57 bits per heavy atom. The second-order valence-corrected chi connectivity index (χ2v) is 6.04. The molecule has 0 aromatic heterocycles. The number of amides is 1. The number of halogens is 1. The van der Waals surface area contributed by atoms with Gasteiger partial charge in [0.25, 0.3) is 5.91 Å². The molecule has 1 N–H and O–H groups in total. The van der Waals surface area contributed by atoms with Crippen LogP contribution in [-0.4, -0.2) is 5.91 Å². The average Bonchev–Trinajstić information content (AvgIpc) is 2.49. The van der Waals surface area contributed by atoms with Crippen LogP contribution in [0.3, 0.4) is 0 Å². The fourth-order valence-corrected chi connectivity index (χ4v) is 3.06. The maximum Gasteiger partial charge on any atom is 0.255 e. The molecule has 0 aliphatic heterocycles. The van der Waals surface area contributed by atoms with E-state index in [2.05, 4.69) is 11.4 Å². The Kier molecular flexibility index (Phi) is 3.98. The first-order chi connectivity index (χ1) is 10.1. The zero-order valence-corrected chi connectivity index (χ0v) is 12.8. The van der Waals surface area contributed by atoms with Gasteiger partial charge in [0, 0.05) is 16.3 Å². The fraction of sp³-hybridized carbons (Fsp3) is 0.278. The highest BCUT2D eigenvalue weighted by Crippen LogP contribution is 2.24. The minimum absolute atomic E-state index is 0.0613. The first kappa shape index (κ1) is 14.2. The lowest BCUT2D eigenvalue weighted by Crippen LogP contribution is -2.14. The molecule has 0 radical (unpaired) electrons. The maximum absolute atomic E-state index is 12.4. The molecule has 0 unspecified atom stereocenters. The van der Waals surface area contributed by atoms with Crippen LogP contribution in [0.1, 0.15) is 39.9 Å². The smallest absolute Gasteiger partial charge is 0.255 e. The first-order valence-electron chi connectivity index (χ1n) is 7.33. The Labute approximate surface area is 130 Å². The monoisotopic (exact) mass is 299 g/mol. The van der Waals surface area contributed by atoms with Crippen LogP contribution in [0.2, 0.25) is 5.02 Å². The first-order valence-corrected chi connectivity index (χ1v) is 7.70. The van der Waals surface area contributed by atoms with Crippen LogP contribution in [0.4, 0.5) is 5.69 Å². The number of carbonyl (C=O) groups is 1. The second kappa shape index (κ2) is 5.90. The summed E-state index contributed by atoms with van der Waals surface area (Å²) in [6, 6.07) is 11.5. The van der Waals surface area contributed by atoms with E-state index < -0.39 is 0 Å². The number of nitrogens with one attached hydrogen (secondary N) is 1. The van der Waals surface area contributed by atoms with Gasteiger partial charge in [-0.1, -0.05) is 17.7 Å². The molecule has 0 heterocycles. The van der Waals surface area contributed by atoms with Crippen LogP contribution in [-0.2, 0) is 12.8 Å². The number of hydrogen-bond acceptors (Lipinski definition) is 1. The molecule has 2 aromatic rings. The lowest BCUT2D eigenvalue weighted by Gasteiger charge is -2.16. The topological polar surface area (TPSA) is 29.1 Å². The van der Waals surface area contributed by atoms with Gasteiger partial charge in [-0.3, -0.25) is 4.79 Å². The summed E-state index contributed by atoms with van der Waals surface area (Å²) < 4.78 is 0. The Morgan fingerprint density at radius 2 is 1.81 bits per heavy atom. The third-order valence-corrected chi connectivity index (χ3v) is 4.28. The summed E-state index contributed by atoms with van der Waals surface area (Å²) in [6.45, 7) is 1.94. The minimum Gasteiger partial charge on any atom is -0.322 e. The number of rotatable bonds is 2. The molecule has 0 bridgehead atoms. The standard InChI is InChI=1S/C18H18ClNO/c1-12-10-16(19)8-9-17(12)20-18(21)15-7-6-13-4-2-3-5-14(13)11-15/h6-11H,2-5H2,1H3,(H,20,21). The molecular formula is C18H18ClNO.